The monoisotopic (exact) mass is 315 g/mol. The van der Waals surface area contributed by atoms with Crippen LogP contribution in [-0.4, -0.2) is 20.7 Å². The molecule has 0 amide bonds. The van der Waals surface area contributed by atoms with Crippen molar-refractivity contribution < 1.29 is 9.53 Å². The van der Waals surface area contributed by atoms with Crippen LogP contribution in [0.15, 0.2) is 43.0 Å². The fourth-order valence-corrected chi connectivity index (χ4v) is 2.40. The number of benzene rings is 1. The van der Waals surface area contributed by atoms with Gasteiger partial charge in [-0.05, 0) is 32.8 Å². The van der Waals surface area contributed by atoms with Gasteiger partial charge in [0.05, 0.1) is 5.41 Å². The Morgan fingerprint density at radius 3 is 2.35 bits per heavy atom. The molecule has 0 N–H and O–H groups in total. The van der Waals surface area contributed by atoms with Gasteiger partial charge in [0.25, 0.3) is 0 Å². The molecular weight excluding hydrogens is 290 g/mol. The van der Waals surface area contributed by atoms with Gasteiger partial charge >= 0.3 is 5.97 Å². The maximum absolute atomic E-state index is 12.4. The van der Waals surface area contributed by atoms with Crippen LogP contribution in [0.4, 0.5) is 0 Å². The highest BCUT2D eigenvalue weighted by molar-refractivity contribution is 5.75. The molecule has 5 heteroatoms. The van der Waals surface area contributed by atoms with Gasteiger partial charge in [0.15, 0.2) is 0 Å². The molecule has 0 radical (unpaired) electrons. The van der Waals surface area contributed by atoms with Gasteiger partial charge in [-0.2, -0.15) is 5.10 Å². The van der Waals surface area contributed by atoms with Crippen molar-refractivity contribution in [2.45, 2.75) is 47.3 Å². The second kappa shape index (κ2) is 6.52. The summed E-state index contributed by atoms with van der Waals surface area (Å²) in [5.74, 6) is -0.251. The summed E-state index contributed by atoms with van der Waals surface area (Å²) in [4.78, 5) is 16.4. The molecule has 5 nitrogen and oxygen atoms in total. The molecule has 0 bridgehead atoms. The van der Waals surface area contributed by atoms with E-state index in [4.69, 9.17) is 4.74 Å². The molecule has 1 aromatic heterocycles. The van der Waals surface area contributed by atoms with Gasteiger partial charge < -0.3 is 4.74 Å². The molecule has 0 aliphatic carbocycles. The third kappa shape index (κ3) is 4.41. The first-order valence-electron chi connectivity index (χ1n) is 7.79. The molecular formula is C18H25N3O2. The Bertz CT molecular complexity index is 628. The molecule has 0 saturated carbocycles. The number of rotatable bonds is 5. The summed E-state index contributed by atoms with van der Waals surface area (Å²) in [5, 5.41) is 4.19. The second-order valence-corrected chi connectivity index (χ2v) is 7.53. The molecule has 1 heterocycles. The van der Waals surface area contributed by atoms with Crippen molar-refractivity contribution in [2.75, 3.05) is 0 Å². The van der Waals surface area contributed by atoms with E-state index in [2.05, 4.69) is 36.1 Å². The van der Waals surface area contributed by atoms with E-state index in [0.717, 1.165) is 6.42 Å². The fraction of sp³-hybridized carbons (Fsp3) is 0.500. The third-order valence-corrected chi connectivity index (χ3v) is 3.68. The van der Waals surface area contributed by atoms with Crippen molar-refractivity contribution in [1.82, 2.24) is 14.8 Å². The number of hydrogen-bond donors (Lipinski definition) is 0. The molecule has 124 valence electrons. The van der Waals surface area contributed by atoms with Crippen LogP contribution in [0.2, 0.25) is 0 Å². The number of aromatic nitrogens is 3. The highest BCUT2D eigenvalue weighted by Crippen LogP contribution is 2.36. The maximum Gasteiger partial charge on any atom is 0.313 e. The topological polar surface area (TPSA) is 57.0 Å². The van der Waals surface area contributed by atoms with E-state index in [1.165, 1.54) is 11.9 Å². The number of hydrogen-bond acceptors (Lipinski definition) is 4. The van der Waals surface area contributed by atoms with Crippen molar-refractivity contribution in [3.05, 3.63) is 48.5 Å². The van der Waals surface area contributed by atoms with E-state index in [9.17, 15) is 4.79 Å². The molecule has 1 atom stereocenters. The molecule has 0 spiro atoms. The van der Waals surface area contributed by atoms with Gasteiger partial charge in [0.1, 0.15) is 12.7 Å². The summed E-state index contributed by atoms with van der Waals surface area (Å²) < 4.78 is 7.44. The fourth-order valence-electron chi connectivity index (χ4n) is 2.40. The van der Waals surface area contributed by atoms with E-state index in [1.807, 2.05) is 39.0 Å². The van der Waals surface area contributed by atoms with Gasteiger partial charge in [-0.1, -0.05) is 44.2 Å². The summed E-state index contributed by atoms with van der Waals surface area (Å²) in [6.45, 7) is 9.68. The third-order valence-electron chi connectivity index (χ3n) is 3.68. The molecule has 0 fully saturated rings. The molecule has 1 unspecified atom stereocenters. The van der Waals surface area contributed by atoms with Crippen LogP contribution in [0, 0.1) is 10.8 Å². The Kier molecular flexibility index (Phi) is 4.88. The minimum atomic E-state index is -0.568. The Morgan fingerprint density at radius 1 is 1.17 bits per heavy atom. The minimum absolute atomic E-state index is 0.251. The lowest BCUT2D eigenvalue weighted by molar-refractivity contribution is -0.174. The normalized spacial score (nSPS) is 13.6. The predicted octanol–water partition coefficient (Wildman–Crippen LogP) is 3.63. The number of ether oxygens (including phenoxy) is 1. The highest BCUT2D eigenvalue weighted by atomic mass is 16.6. The first-order chi connectivity index (χ1) is 10.7. The van der Waals surface area contributed by atoms with Crippen LogP contribution in [0.5, 0.6) is 0 Å². The summed E-state index contributed by atoms with van der Waals surface area (Å²) in [7, 11) is 0. The number of carbonyl (C=O) groups excluding carboxylic acids is 1. The lowest BCUT2D eigenvalue weighted by Gasteiger charge is -2.35. The van der Waals surface area contributed by atoms with Crippen LogP contribution in [0.3, 0.4) is 0 Å². The Hall–Kier alpha value is -2.17. The maximum atomic E-state index is 12.4. The van der Waals surface area contributed by atoms with Crippen molar-refractivity contribution >= 4 is 5.97 Å². The summed E-state index contributed by atoms with van der Waals surface area (Å²) in [6, 6.07) is 10.2. The molecule has 23 heavy (non-hydrogen) atoms. The molecule has 0 aliphatic rings. The molecule has 1 aromatic carbocycles. The Labute approximate surface area is 137 Å². The van der Waals surface area contributed by atoms with Gasteiger partial charge in [0, 0.05) is 5.41 Å². The summed E-state index contributed by atoms with van der Waals surface area (Å²) in [5.41, 5.74) is 0.284. The van der Waals surface area contributed by atoms with Gasteiger partial charge in [-0.3, -0.25) is 4.79 Å². The van der Waals surface area contributed by atoms with E-state index < -0.39 is 11.6 Å². The highest BCUT2D eigenvalue weighted by Gasteiger charge is 2.37. The van der Waals surface area contributed by atoms with Crippen molar-refractivity contribution in [1.29, 1.82) is 0 Å². The first-order valence-corrected chi connectivity index (χ1v) is 7.79. The number of nitrogens with zero attached hydrogens (tertiary/aromatic N) is 3. The van der Waals surface area contributed by atoms with Gasteiger partial charge in [0.2, 0.25) is 6.23 Å². The van der Waals surface area contributed by atoms with E-state index >= 15 is 0 Å². The zero-order valence-electron chi connectivity index (χ0n) is 14.5. The molecule has 2 aromatic rings. The quantitative estimate of drug-likeness (QED) is 0.791. The van der Waals surface area contributed by atoms with E-state index in [-0.39, 0.29) is 11.4 Å². The van der Waals surface area contributed by atoms with Crippen LogP contribution >= 0.6 is 0 Å². The molecule has 2 rings (SSSR count). The zero-order chi connectivity index (χ0) is 17.1. The lowest BCUT2D eigenvalue weighted by Crippen LogP contribution is -2.36. The average molecular weight is 315 g/mol. The second-order valence-electron chi connectivity index (χ2n) is 7.53. The lowest BCUT2D eigenvalue weighted by atomic mass is 9.83. The van der Waals surface area contributed by atoms with Crippen molar-refractivity contribution in [2.24, 2.45) is 10.8 Å². The van der Waals surface area contributed by atoms with Crippen LogP contribution in [0.25, 0.3) is 0 Å². The van der Waals surface area contributed by atoms with Crippen LogP contribution in [0.1, 0.15) is 46.4 Å². The van der Waals surface area contributed by atoms with Gasteiger partial charge in [-0.25, -0.2) is 9.67 Å². The average Bonchev–Trinajstić information content (AvgIpc) is 2.97. The smallest absolute Gasteiger partial charge is 0.313 e. The van der Waals surface area contributed by atoms with E-state index in [1.54, 1.807) is 11.0 Å². The SMILES string of the molecule is CC(C)(C)C(=O)OC(n1cncn1)C(C)(C)Cc1ccccc1. The van der Waals surface area contributed by atoms with Crippen molar-refractivity contribution in [3.63, 3.8) is 0 Å². The minimum Gasteiger partial charge on any atom is -0.439 e. The molecule has 0 aliphatic heterocycles. The van der Waals surface area contributed by atoms with Crippen LogP contribution in [-0.2, 0) is 16.0 Å². The summed E-state index contributed by atoms with van der Waals surface area (Å²) in [6.07, 6.45) is 3.29. The van der Waals surface area contributed by atoms with E-state index in [0.29, 0.717) is 0 Å². The Balaban J connectivity index is 2.27. The first kappa shape index (κ1) is 17.2. The zero-order valence-corrected chi connectivity index (χ0v) is 14.5. The number of esters is 1. The largest absolute Gasteiger partial charge is 0.439 e. The predicted molar refractivity (Wildman–Crippen MR) is 88.5 cm³/mol. The number of carbonyl (C=O) groups is 1. The standard InChI is InChI=1S/C18H25N3O2/c1-17(2,3)16(22)23-15(21-13-19-12-20-21)18(4,5)11-14-9-7-6-8-10-14/h6-10,12-13,15H,11H2,1-5H3. The summed E-state index contributed by atoms with van der Waals surface area (Å²) >= 11 is 0. The van der Waals surface area contributed by atoms with Crippen molar-refractivity contribution in [3.8, 4) is 0 Å². The molecule has 0 saturated heterocycles. The Morgan fingerprint density at radius 2 is 1.83 bits per heavy atom. The van der Waals surface area contributed by atoms with Crippen LogP contribution < -0.4 is 0 Å². The van der Waals surface area contributed by atoms with Gasteiger partial charge in [-0.15, -0.1) is 0 Å².